The van der Waals surface area contributed by atoms with Gasteiger partial charge in [0.05, 0.1) is 4.90 Å². The number of carbonyl (C=O) groups is 1. The summed E-state index contributed by atoms with van der Waals surface area (Å²) in [6, 6.07) is 4.65. The highest BCUT2D eigenvalue weighted by Crippen LogP contribution is 2.16. The third-order valence-corrected chi connectivity index (χ3v) is 5.88. The third-order valence-electron chi connectivity index (χ3n) is 4.34. The van der Waals surface area contributed by atoms with E-state index in [1.54, 1.807) is 13.0 Å². The van der Waals surface area contributed by atoms with Crippen molar-refractivity contribution in [1.82, 2.24) is 15.4 Å². The van der Waals surface area contributed by atoms with E-state index in [0.29, 0.717) is 24.6 Å². The Morgan fingerprint density at radius 2 is 2.17 bits per heavy atom. The van der Waals surface area contributed by atoms with Crippen molar-refractivity contribution in [3.05, 3.63) is 29.3 Å². The van der Waals surface area contributed by atoms with Gasteiger partial charge in [-0.05, 0) is 62.9 Å². The molecular formula is C17H27N3O3S. The Kier molecular flexibility index (Phi) is 6.77. The summed E-state index contributed by atoms with van der Waals surface area (Å²) >= 11 is 0. The summed E-state index contributed by atoms with van der Waals surface area (Å²) in [7, 11) is -3.56. The Morgan fingerprint density at radius 3 is 2.83 bits per heavy atom. The molecule has 1 atom stereocenters. The number of nitrogens with one attached hydrogen (secondary N) is 3. The topological polar surface area (TPSA) is 87.3 Å². The normalized spacial score (nSPS) is 18.3. The van der Waals surface area contributed by atoms with Crippen LogP contribution in [0, 0.1) is 12.8 Å². The van der Waals surface area contributed by atoms with Crippen molar-refractivity contribution >= 4 is 15.9 Å². The van der Waals surface area contributed by atoms with E-state index < -0.39 is 10.0 Å². The molecule has 1 aliphatic heterocycles. The quantitative estimate of drug-likeness (QED) is 0.692. The lowest BCUT2D eigenvalue weighted by Crippen LogP contribution is -2.33. The predicted molar refractivity (Wildman–Crippen MR) is 94.6 cm³/mol. The van der Waals surface area contributed by atoms with E-state index in [4.69, 9.17) is 0 Å². The first-order chi connectivity index (χ1) is 11.4. The van der Waals surface area contributed by atoms with Crippen LogP contribution in [-0.4, -0.2) is 40.5 Å². The standard InChI is InChI=1S/C17H27N3O3S/c1-3-20-24(22,23)15-7-6-13(2)16(11-15)17(21)19-10-8-14-5-4-9-18-12-14/h6-7,11,14,18,20H,3-5,8-10,12H2,1-2H3,(H,19,21). The molecule has 7 heteroatoms. The highest BCUT2D eigenvalue weighted by molar-refractivity contribution is 7.89. The molecule has 1 aromatic carbocycles. The van der Waals surface area contributed by atoms with Gasteiger partial charge in [-0.15, -0.1) is 0 Å². The number of sulfonamides is 1. The molecule has 0 bridgehead atoms. The number of benzene rings is 1. The summed E-state index contributed by atoms with van der Waals surface area (Å²) in [5, 5.41) is 6.28. The van der Waals surface area contributed by atoms with E-state index in [1.165, 1.54) is 25.0 Å². The average molecular weight is 353 g/mol. The summed E-state index contributed by atoms with van der Waals surface area (Å²) in [6.45, 7) is 6.53. The van der Waals surface area contributed by atoms with Gasteiger partial charge in [0, 0.05) is 18.7 Å². The van der Waals surface area contributed by atoms with Gasteiger partial charge in [-0.2, -0.15) is 0 Å². The number of rotatable bonds is 7. The van der Waals surface area contributed by atoms with Crippen molar-refractivity contribution in [3.8, 4) is 0 Å². The second-order valence-electron chi connectivity index (χ2n) is 6.24. The molecule has 1 fully saturated rings. The van der Waals surface area contributed by atoms with Gasteiger partial charge in [-0.1, -0.05) is 13.0 Å². The molecule has 1 amide bonds. The summed E-state index contributed by atoms with van der Waals surface area (Å²) in [4.78, 5) is 12.5. The minimum Gasteiger partial charge on any atom is -0.352 e. The maximum atomic E-state index is 12.4. The zero-order chi connectivity index (χ0) is 17.6. The van der Waals surface area contributed by atoms with E-state index in [1.807, 2.05) is 6.92 Å². The van der Waals surface area contributed by atoms with E-state index in [-0.39, 0.29) is 10.8 Å². The van der Waals surface area contributed by atoms with E-state index in [0.717, 1.165) is 25.1 Å². The third kappa shape index (κ3) is 5.03. The van der Waals surface area contributed by atoms with Crippen molar-refractivity contribution in [3.63, 3.8) is 0 Å². The fourth-order valence-electron chi connectivity index (χ4n) is 2.94. The Hall–Kier alpha value is -1.44. The van der Waals surface area contributed by atoms with Crippen molar-refractivity contribution < 1.29 is 13.2 Å². The Bertz CT molecular complexity index is 668. The maximum absolute atomic E-state index is 12.4. The van der Waals surface area contributed by atoms with Crippen molar-refractivity contribution in [2.45, 2.75) is 38.0 Å². The van der Waals surface area contributed by atoms with Gasteiger partial charge in [0.15, 0.2) is 0 Å². The van der Waals surface area contributed by atoms with Crippen LogP contribution in [0.4, 0.5) is 0 Å². The number of piperidine rings is 1. The highest BCUT2D eigenvalue weighted by Gasteiger charge is 2.18. The van der Waals surface area contributed by atoms with Crippen molar-refractivity contribution in [2.75, 3.05) is 26.2 Å². The summed E-state index contributed by atoms with van der Waals surface area (Å²) in [5.74, 6) is 0.380. The number of carbonyl (C=O) groups excluding carboxylic acids is 1. The molecule has 2 rings (SSSR count). The maximum Gasteiger partial charge on any atom is 0.251 e. The second kappa shape index (κ2) is 8.60. The molecule has 24 heavy (non-hydrogen) atoms. The molecule has 0 radical (unpaired) electrons. The number of amides is 1. The van der Waals surface area contributed by atoms with Gasteiger partial charge in [0.25, 0.3) is 5.91 Å². The smallest absolute Gasteiger partial charge is 0.251 e. The van der Waals surface area contributed by atoms with Gasteiger partial charge in [-0.3, -0.25) is 4.79 Å². The first kappa shape index (κ1) is 18.9. The molecule has 0 aliphatic carbocycles. The first-order valence-electron chi connectivity index (χ1n) is 8.53. The molecule has 0 aromatic heterocycles. The number of hydrogen-bond donors (Lipinski definition) is 3. The molecular weight excluding hydrogens is 326 g/mol. The van der Waals surface area contributed by atoms with Crippen LogP contribution >= 0.6 is 0 Å². The molecule has 134 valence electrons. The monoisotopic (exact) mass is 353 g/mol. The van der Waals surface area contributed by atoms with Crippen LogP contribution in [0.1, 0.15) is 42.1 Å². The summed E-state index contributed by atoms with van der Waals surface area (Å²) in [5.41, 5.74) is 1.18. The zero-order valence-electron chi connectivity index (χ0n) is 14.4. The largest absolute Gasteiger partial charge is 0.352 e. The SMILES string of the molecule is CCNS(=O)(=O)c1ccc(C)c(C(=O)NCCC2CCCNC2)c1. The highest BCUT2D eigenvalue weighted by atomic mass is 32.2. The van der Waals surface area contributed by atoms with Gasteiger partial charge in [-0.25, -0.2) is 13.1 Å². The zero-order valence-corrected chi connectivity index (χ0v) is 15.2. The molecule has 6 nitrogen and oxygen atoms in total. The van der Waals surface area contributed by atoms with Crippen molar-refractivity contribution in [1.29, 1.82) is 0 Å². The average Bonchev–Trinajstić information content (AvgIpc) is 2.56. The van der Waals surface area contributed by atoms with Gasteiger partial charge in [0.2, 0.25) is 10.0 Å². The molecule has 1 aromatic rings. The van der Waals surface area contributed by atoms with E-state index >= 15 is 0 Å². The Morgan fingerprint density at radius 1 is 1.38 bits per heavy atom. The molecule has 1 saturated heterocycles. The van der Waals surface area contributed by atoms with Gasteiger partial charge >= 0.3 is 0 Å². The molecule has 0 saturated carbocycles. The number of aryl methyl sites for hydroxylation is 1. The lowest BCUT2D eigenvalue weighted by atomic mass is 9.96. The molecule has 3 N–H and O–H groups in total. The van der Waals surface area contributed by atoms with Crippen LogP contribution < -0.4 is 15.4 Å². The van der Waals surface area contributed by atoms with Crippen LogP contribution in [0.5, 0.6) is 0 Å². The second-order valence-corrected chi connectivity index (χ2v) is 8.00. The van der Waals surface area contributed by atoms with E-state index in [9.17, 15) is 13.2 Å². The van der Waals surface area contributed by atoms with Crippen molar-refractivity contribution in [2.24, 2.45) is 5.92 Å². The minimum absolute atomic E-state index is 0.122. The van der Waals surface area contributed by atoms with Gasteiger partial charge < -0.3 is 10.6 Å². The fraction of sp³-hybridized carbons (Fsp3) is 0.588. The minimum atomic E-state index is -3.56. The molecule has 1 heterocycles. The summed E-state index contributed by atoms with van der Waals surface area (Å²) in [6.07, 6.45) is 3.31. The Balaban J connectivity index is 2.00. The van der Waals surface area contributed by atoms with Crippen LogP contribution in [0.15, 0.2) is 23.1 Å². The van der Waals surface area contributed by atoms with Crippen LogP contribution in [-0.2, 0) is 10.0 Å². The summed E-state index contributed by atoms with van der Waals surface area (Å²) < 4.78 is 26.6. The van der Waals surface area contributed by atoms with Crippen LogP contribution in [0.2, 0.25) is 0 Å². The molecule has 0 spiro atoms. The molecule has 1 aliphatic rings. The lowest BCUT2D eigenvalue weighted by molar-refractivity contribution is 0.0950. The fourth-order valence-corrected chi connectivity index (χ4v) is 4.01. The van der Waals surface area contributed by atoms with Crippen LogP contribution in [0.25, 0.3) is 0 Å². The van der Waals surface area contributed by atoms with Gasteiger partial charge in [0.1, 0.15) is 0 Å². The first-order valence-corrected chi connectivity index (χ1v) is 10.0. The number of hydrogen-bond acceptors (Lipinski definition) is 4. The lowest BCUT2D eigenvalue weighted by Gasteiger charge is -2.22. The van der Waals surface area contributed by atoms with Crippen LogP contribution in [0.3, 0.4) is 0 Å². The molecule has 1 unspecified atom stereocenters. The predicted octanol–water partition coefficient (Wildman–Crippen LogP) is 1.41. The Labute approximate surface area is 144 Å². The van der Waals surface area contributed by atoms with E-state index in [2.05, 4.69) is 15.4 Å².